The van der Waals surface area contributed by atoms with Crippen LogP contribution in [0.15, 0.2) is 40.9 Å². The molecule has 0 saturated carbocycles. The Morgan fingerprint density at radius 3 is 2.25 bits per heavy atom. The number of hydrogen-bond donors (Lipinski definition) is 1. The highest BCUT2D eigenvalue weighted by Crippen LogP contribution is 2.36. The maximum absolute atomic E-state index is 12.5. The third-order valence-corrected chi connectivity index (χ3v) is 3.19. The van der Waals surface area contributed by atoms with Crippen molar-refractivity contribution >= 4 is 21.6 Å². The Morgan fingerprint density at radius 1 is 1.05 bits per heavy atom. The van der Waals surface area contributed by atoms with Gasteiger partial charge in [-0.15, -0.1) is 0 Å². The Balaban J connectivity index is 2.30. The second-order valence-corrected chi connectivity index (χ2v) is 5.18. The van der Waals surface area contributed by atoms with E-state index in [0.29, 0.717) is 5.75 Å². The van der Waals surface area contributed by atoms with Gasteiger partial charge in [0.1, 0.15) is 11.5 Å². The van der Waals surface area contributed by atoms with E-state index in [0.717, 1.165) is 22.2 Å². The molecule has 0 aliphatic rings. The largest absolute Gasteiger partial charge is 0.455 e. The molecule has 0 aliphatic heterocycles. The van der Waals surface area contributed by atoms with Crippen LogP contribution in [0, 0.1) is 6.92 Å². The zero-order chi connectivity index (χ0) is 14.9. The van der Waals surface area contributed by atoms with Crippen LogP contribution in [0.2, 0.25) is 0 Å². The van der Waals surface area contributed by atoms with Crippen LogP contribution in [0.5, 0.6) is 11.5 Å². The SMILES string of the molecule is Cc1cc(Br)ccc1Oc1ccc(C(F)(F)F)cc1N. The van der Waals surface area contributed by atoms with Crippen LogP contribution in [0.3, 0.4) is 0 Å². The average Bonchev–Trinajstić information content (AvgIpc) is 2.33. The maximum atomic E-state index is 12.5. The number of benzene rings is 2. The van der Waals surface area contributed by atoms with Crippen molar-refractivity contribution in [1.29, 1.82) is 0 Å². The molecule has 0 saturated heterocycles. The van der Waals surface area contributed by atoms with E-state index in [1.165, 1.54) is 6.07 Å². The van der Waals surface area contributed by atoms with Gasteiger partial charge in [-0.1, -0.05) is 15.9 Å². The minimum Gasteiger partial charge on any atom is -0.455 e. The molecule has 2 nitrogen and oxygen atoms in total. The predicted molar refractivity (Wildman–Crippen MR) is 74.8 cm³/mol. The highest BCUT2D eigenvalue weighted by atomic mass is 79.9. The number of alkyl halides is 3. The highest BCUT2D eigenvalue weighted by molar-refractivity contribution is 9.10. The van der Waals surface area contributed by atoms with E-state index in [9.17, 15) is 13.2 Å². The molecule has 0 aliphatic carbocycles. The highest BCUT2D eigenvalue weighted by Gasteiger charge is 2.31. The van der Waals surface area contributed by atoms with Gasteiger partial charge >= 0.3 is 6.18 Å². The van der Waals surface area contributed by atoms with Crippen LogP contribution in [0.25, 0.3) is 0 Å². The Morgan fingerprint density at radius 2 is 1.70 bits per heavy atom. The van der Waals surface area contributed by atoms with Crippen molar-refractivity contribution in [2.75, 3.05) is 5.73 Å². The fraction of sp³-hybridized carbons (Fsp3) is 0.143. The van der Waals surface area contributed by atoms with Crippen molar-refractivity contribution in [3.05, 3.63) is 52.0 Å². The first-order valence-electron chi connectivity index (χ1n) is 5.68. The lowest BCUT2D eigenvalue weighted by Crippen LogP contribution is -2.06. The number of nitrogen functional groups attached to an aromatic ring is 1. The fourth-order valence-electron chi connectivity index (χ4n) is 1.66. The van der Waals surface area contributed by atoms with Crippen LogP contribution < -0.4 is 10.5 Å². The van der Waals surface area contributed by atoms with Gasteiger partial charge in [-0.25, -0.2) is 0 Å². The van der Waals surface area contributed by atoms with Gasteiger partial charge in [-0.2, -0.15) is 13.2 Å². The summed E-state index contributed by atoms with van der Waals surface area (Å²) in [4.78, 5) is 0. The lowest BCUT2D eigenvalue weighted by Gasteiger charge is -2.13. The van der Waals surface area contributed by atoms with Crippen LogP contribution in [-0.4, -0.2) is 0 Å². The number of halogens is 4. The van der Waals surface area contributed by atoms with Gasteiger partial charge in [-0.05, 0) is 48.9 Å². The van der Waals surface area contributed by atoms with E-state index < -0.39 is 11.7 Å². The minimum absolute atomic E-state index is 0.0536. The summed E-state index contributed by atoms with van der Waals surface area (Å²) in [6, 6.07) is 8.37. The first-order chi connectivity index (χ1) is 9.27. The van der Waals surface area contributed by atoms with Gasteiger partial charge in [0, 0.05) is 4.47 Å². The molecule has 2 aromatic rings. The number of ether oxygens (including phenoxy) is 1. The molecule has 0 heterocycles. The molecule has 0 radical (unpaired) electrons. The van der Waals surface area contributed by atoms with Crippen molar-refractivity contribution in [3.8, 4) is 11.5 Å². The Bertz CT molecular complexity index is 641. The summed E-state index contributed by atoms with van der Waals surface area (Å²) < 4.78 is 44.0. The Labute approximate surface area is 122 Å². The summed E-state index contributed by atoms with van der Waals surface area (Å²) in [5, 5.41) is 0. The zero-order valence-corrected chi connectivity index (χ0v) is 12.0. The molecular weight excluding hydrogens is 335 g/mol. The molecule has 2 N–H and O–H groups in total. The number of nitrogens with two attached hydrogens (primary N) is 1. The van der Waals surface area contributed by atoms with E-state index in [-0.39, 0.29) is 11.4 Å². The first kappa shape index (κ1) is 14.7. The number of aryl methyl sites for hydroxylation is 1. The normalized spacial score (nSPS) is 11.4. The number of hydrogen-bond acceptors (Lipinski definition) is 2. The monoisotopic (exact) mass is 345 g/mol. The smallest absolute Gasteiger partial charge is 0.416 e. The molecular formula is C14H11BrF3NO. The average molecular weight is 346 g/mol. The van der Waals surface area contributed by atoms with E-state index in [1.807, 2.05) is 13.0 Å². The van der Waals surface area contributed by atoms with Crippen LogP contribution in [0.1, 0.15) is 11.1 Å². The van der Waals surface area contributed by atoms with Crippen LogP contribution in [0.4, 0.5) is 18.9 Å². The Kier molecular flexibility index (Phi) is 3.94. The summed E-state index contributed by atoms with van der Waals surface area (Å²) in [5.41, 5.74) is 5.61. The molecule has 2 aromatic carbocycles. The summed E-state index contributed by atoms with van der Waals surface area (Å²) >= 11 is 3.32. The third-order valence-electron chi connectivity index (χ3n) is 2.69. The van der Waals surface area contributed by atoms with Crippen molar-refractivity contribution < 1.29 is 17.9 Å². The lowest BCUT2D eigenvalue weighted by atomic mass is 10.2. The van der Waals surface area contributed by atoms with Gasteiger partial charge in [0.25, 0.3) is 0 Å². The van der Waals surface area contributed by atoms with E-state index >= 15 is 0 Å². The van der Waals surface area contributed by atoms with Crippen molar-refractivity contribution in [2.45, 2.75) is 13.1 Å². The second-order valence-electron chi connectivity index (χ2n) is 4.26. The first-order valence-corrected chi connectivity index (χ1v) is 6.47. The second kappa shape index (κ2) is 5.36. The zero-order valence-electron chi connectivity index (χ0n) is 10.5. The Hall–Kier alpha value is -1.69. The maximum Gasteiger partial charge on any atom is 0.416 e. The van der Waals surface area contributed by atoms with Crippen molar-refractivity contribution in [3.63, 3.8) is 0 Å². The lowest BCUT2D eigenvalue weighted by molar-refractivity contribution is -0.137. The summed E-state index contributed by atoms with van der Waals surface area (Å²) in [6.45, 7) is 1.83. The van der Waals surface area contributed by atoms with Gasteiger partial charge in [0.05, 0.1) is 11.3 Å². The van der Waals surface area contributed by atoms with E-state index in [2.05, 4.69) is 15.9 Å². The van der Waals surface area contributed by atoms with Crippen molar-refractivity contribution in [2.24, 2.45) is 0 Å². The van der Waals surface area contributed by atoms with Gasteiger partial charge in [0.15, 0.2) is 0 Å². The van der Waals surface area contributed by atoms with Crippen LogP contribution >= 0.6 is 15.9 Å². The van der Waals surface area contributed by atoms with E-state index in [1.54, 1.807) is 12.1 Å². The predicted octanol–water partition coefficient (Wildman–Crippen LogP) is 5.15. The van der Waals surface area contributed by atoms with Gasteiger partial charge in [0.2, 0.25) is 0 Å². The van der Waals surface area contributed by atoms with Gasteiger partial charge in [-0.3, -0.25) is 0 Å². The molecule has 106 valence electrons. The van der Waals surface area contributed by atoms with Crippen molar-refractivity contribution in [1.82, 2.24) is 0 Å². The molecule has 0 fully saturated rings. The molecule has 0 unspecified atom stereocenters. The molecule has 20 heavy (non-hydrogen) atoms. The van der Waals surface area contributed by atoms with E-state index in [4.69, 9.17) is 10.5 Å². The molecule has 0 aromatic heterocycles. The number of rotatable bonds is 2. The molecule has 0 atom stereocenters. The fourth-order valence-corrected chi connectivity index (χ4v) is 2.14. The standard InChI is InChI=1S/C14H11BrF3NO/c1-8-6-10(15)3-5-12(8)20-13-4-2-9(7-11(13)19)14(16,17)18/h2-7H,19H2,1H3. The molecule has 0 spiro atoms. The number of anilines is 1. The quantitative estimate of drug-likeness (QED) is 0.763. The summed E-state index contributed by atoms with van der Waals surface area (Å²) in [6.07, 6.45) is -4.42. The summed E-state index contributed by atoms with van der Waals surface area (Å²) in [5.74, 6) is 0.739. The third kappa shape index (κ3) is 3.25. The summed E-state index contributed by atoms with van der Waals surface area (Å²) in [7, 11) is 0. The minimum atomic E-state index is -4.42. The molecule has 0 bridgehead atoms. The topological polar surface area (TPSA) is 35.2 Å². The van der Waals surface area contributed by atoms with Crippen LogP contribution in [-0.2, 0) is 6.18 Å². The molecule has 2 rings (SSSR count). The van der Waals surface area contributed by atoms with Gasteiger partial charge < -0.3 is 10.5 Å². The molecule has 0 amide bonds. The molecule has 6 heteroatoms.